The van der Waals surface area contributed by atoms with E-state index in [1.165, 1.54) is 43.6 Å². The number of anilines is 1. The van der Waals surface area contributed by atoms with Crippen LogP contribution in [0.5, 0.6) is 0 Å². The van der Waals surface area contributed by atoms with Crippen LogP contribution in [-0.2, 0) is 6.42 Å². The van der Waals surface area contributed by atoms with Crippen molar-refractivity contribution in [3.63, 3.8) is 0 Å². The van der Waals surface area contributed by atoms with Gasteiger partial charge in [-0.05, 0) is 37.3 Å². The minimum Gasteiger partial charge on any atom is -0.353 e. The molecule has 13 heavy (non-hydrogen) atoms. The van der Waals surface area contributed by atoms with Gasteiger partial charge in [0.05, 0.1) is 0 Å². The van der Waals surface area contributed by atoms with Gasteiger partial charge in [-0.15, -0.1) is 0 Å². The minimum atomic E-state index is 0.794. The number of aromatic nitrogens is 1. The Labute approximate surface area is 78.6 Å². The van der Waals surface area contributed by atoms with Crippen LogP contribution in [-0.4, -0.2) is 17.6 Å². The van der Waals surface area contributed by atoms with E-state index in [-0.39, 0.29) is 0 Å². The molecule has 0 N–H and O–H groups in total. The Kier molecular flexibility index (Phi) is 1.54. The summed E-state index contributed by atoms with van der Waals surface area (Å²) in [6.07, 6.45) is 7.19. The summed E-state index contributed by atoms with van der Waals surface area (Å²) in [7, 11) is 0. The molecule has 2 aliphatic rings. The largest absolute Gasteiger partial charge is 0.353 e. The highest BCUT2D eigenvalue weighted by molar-refractivity contribution is 5.50. The van der Waals surface area contributed by atoms with Gasteiger partial charge in [0.2, 0.25) is 0 Å². The maximum Gasteiger partial charge on any atom is 0.131 e. The summed E-state index contributed by atoms with van der Waals surface area (Å²) in [5.41, 5.74) is 1.45. The quantitative estimate of drug-likeness (QED) is 0.598. The van der Waals surface area contributed by atoms with E-state index in [1.54, 1.807) is 0 Å². The molecule has 1 aromatic rings. The molecule has 0 aromatic carbocycles. The smallest absolute Gasteiger partial charge is 0.131 e. The Morgan fingerprint density at radius 2 is 2.38 bits per heavy atom. The lowest BCUT2D eigenvalue weighted by Gasteiger charge is -2.32. The zero-order valence-corrected chi connectivity index (χ0v) is 7.74. The SMILES string of the molecule is c1cnc2c(c1)CCC1CCCN21. The molecular weight excluding hydrogens is 160 g/mol. The number of hydrogen-bond donors (Lipinski definition) is 0. The normalized spacial score (nSPS) is 25.5. The van der Waals surface area contributed by atoms with Crippen molar-refractivity contribution in [2.45, 2.75) is 31.7 Å². The molecule has 68 valence electrons. The second kappa shape index (κ2) is 2.72. The number of hydrogen-bond acceptors (Lipinski definition) is 2. The highest BCUT2D eigenvalue weighted by atomic mass is 15.2. The van der Waals surface area contributed by atoms with Crippen LogP contribution in [0.1, 0.15) is 24.8 Å². The van der Waals surface area contributed by atoms with E-state index in [4.69, 9.17) is 0 Å². The van der Waals surface area contributed by atoms with Gasteiger partial charge in [0.15, 0.2) is 0 Å². The van der Waals surface area contributed by atoms with Crippen molar-refractivity contribution in [1.82, 2.24) is 4.98 Å². The molecular formula is C11H14N2. The van der Waals surface area contributed by atoms with Crippen LogP contribution in [0.4, 0.5) is 5.82 Å². The predicted octanol–water partition coefficient (Wildman–Crippen LogP) is 2.00. The Morgan fingerprint density at radius 3 is 3.38 bits per heavy atom. The molecule has 2 aliphatic heterocycles. The Morgan fingerprint density at radius 1 is 1.38 bits per heavy atom. The van der Waals surface area contributed by atoms with E-state index in [9.17, 15) is 0 Å². The van der Waals surface area contributed by atoms with E-state index in [1.807, 2.05) is 6.20 Å². The first-order valence-corrected chi connectivity index (χ1v) is 5.16. The molecule has 0 radical (unpaired) electrons. The van der Waals surface area contributed by atoms with Gasteiger partial charge >= 0.3 is 0 Å². The molecule has 1 atom stereocenters. The number of rotatable bonds is 0. The van der Waals surface area contributed by atoms with E-state index >= 15 is 0 Å². The summed E-state index contributed by atoms with van der Waals surface area (Å²) in [5, 5.41) is 0. The van der Waals surface area contributed by atoms with E-state index in [0.29, 0.717) is 0 Å². The number of aryl methyl sites for hydroxylation is 1. The zero-order chi connectivity index (χ0) is 8.67. The topological polar surface area (TPSA) is 16.1 Å². The van der Waals surface area contributed by atoms with Crippen molar-refractivity contribution in [2.24, 2.45) is 0 Å². The lowest BCUT2D eigenvalue weighted by atomic mass is 9.99. The van der Waals surface area contributed by atoms with Gasteiger partial charge in [-0.1, -0.05) is 6.07 Å². The monoisotopic (exact) mass is 174 g/mol. The summed E-state index contributed by atoms with van der Waals surface area (Å²) in [4.78, 5) is 6.99. The van der Waals surface area contributed by atoms with Crippen LogP contribution < -0.4 is 4.90 Å². The predicted molar refractivity (Wildman–Crippen MR) is 52.9 cm³/mol. The second-order valence-electron chi connectivity index (χ2n) is 4.01. The fraction of sp³-hybridized carbons (Fsp3) is 0.545. The average molecular weight is 174 g/mol. The third-order valence-electron chi connectivity index (χ3n) is 3.26. The molecule has 3 rings (SSSR count). The molecule has 0 spiro atoms. The van der Waals surface area contributed by atoms with Crippen LogP contribution in [0.2, 0.25) is 0 Å². The summed E-state index contributed by atoms with van der Waals surface area (Å²) in [6.45, 7) is 1.22. The fourth-order valence-electron chi connectivity index (χ4n) is 2.62. The third kappa shape index (κ3) is 1.05. The molecule has 3 heterocycles. The van der Waals surface area contributed by atoms with Gasteiger partial charge in [0.25, 0.3) is 0 Å². The number of pyridine rings is 1. The lowest BCUT2D eigenvalue weighted by Crippen LogP contribution is -2.34. The van der Waals surface area contributed by atoms with Crippen LogP contribution in [0.3, 0.4) is 0 Å². The highest BCUT2D eigenvalue weighted by Crippen LogP contribution is 2.33. The van der Waals surface area contributed by atoms with Crippen LogP contribution in [0.15, 0.2) is 18.3 Å². The first kappa shape index (κ1) is 7.36. The molecule has 1 fully saturated rings. The van der Waals surface area contributed by atoms with E-state index < -0.39 is 0 Å². The van der Waals surface area contributed by atoms with Crippen LogP contribution in [0.25, 0.3) is 0 Å². The minimum absolute atomic E-state index is 0.794. The highest BCUT2D eigenvalue weighted by Gasteiger charge is 2.30. The lowest BCUT2D eigenvalue weighted by molar-refractivity contribution is 0.579. The molecule has 0 aliphatic carbocycles. The zero-order valence-electron chi connectivity index (χ0n) is 7.74. The molecule has 0 saturated carbocycles. The van der Waals surface area contributed by atoms with Gasteiger partial charge in [-0.2, -0.15) is 0 Å². The maximum absolute atomic E-state index is 4.49. The van der Waals surface area contributed by atoms with Gasteiger partial charge < -0.3 is 4.90 Å². The molecule has 1 aromatic heterocycles. The summed E-state index contributed by atoms with van der Waals surface area (Å²) >= 11 is 0. The van der Waals surface area contributed by atoms with E-state index in [0.717, 1.165) is 6.04 Å². The summed E-state index contributed by atoms with van der Waals surface area (Å²) in [5.74, 6) is 1.26. The third-order valence-corrected chi connectivity index (χ3v) is 3.26. The van der Waals surface area contributed by atoms with Gasteiger partial charge in [-0.3, -0.25) is 0 Å². The van der Waals surface area contributed by atoms with Crippen LogP contribution >= 0.6 is 0 Å². The molecule has 2 heteroatoms. The van der Waals surface area contributed by atoms with Crippen molar-refractivity contribution in [3.8, 4) is 0 Å². The Bertz CT molecular complexity index is 322. The van der Waals surface area contributed by atoms with Crippen molar-refractivity contribution in [1.29, 1.82) is 0 Å². The standard InChI is InChI=1S/C11H14N2/c1-3-9-5-6-10-4-2-8-13(10)11(9)12-7-1/h1,3,7,10H,2,4-6,8H2. The average Bonchev–Trinajstić information content (AvgIpc) is 2.65. The first-order valence-electron chi connectivity index (χ1n) is 5.16. The molecule has 2 nitrogen and oxygen atoms in total. The molecule has 1 saturated heterocycles. The molecule has 1 unspecified atom stereocenters. The fourth-order valence-corrected chi connectivity index (χ4v) is 2.62. The Balaban J connectivity index is 2.06. The van der Waals surface area contributed by atoms with Crippen molar-refractivity contribution < 1.29 is 0 Å². The second-order valence-corrected chi connectivity index (χ2v) is 4.01. The van der Waals surface area contributed by atoms with Crippen molar-refractivity contribution >= 4 is 5.82 Å². The maximum atomic E-state index is 4.49. The van der Waals surface area contributed by atoms with Crippen molar-refractivity contribution in [3.05, 3.63) is 23.9 Å². The summed E-state index contributed by atoms with van der Waals surface area (Å²) in [6, 6.07) is 5.06. The molecule has 0 bridgehead atoms. The van der Waals surface area contributed by atoms with Crippen LogP contribution in [0, 0.1) is 0 Å². The molecule has 0 amide bonds. The van der Waals surface area contributed by atoms with Gasteiger partial charge in [0, 0.05) is 18.8 Å². The first-order chi connectivity index (χ1) is 6.45. The van der Waals surface area contributed by atoms with Gasteiger partial charge in [-0.25, -0.2) is 4.98 Å². The van der Waals surface area contributed by atoms with E-state index in [2.05, 4.69) is 22.0 Å². The number of nitrogens with zero attached hydrogens (tertiary/aromatic N) is 2. The Hall–Kier alpha value is -1.05. The van der Waals surface area contributed by atoms with Gasteiger partial charge in [0.1, 0.15) is 5.82 Å². The van der Waals surface area contributed by atoms with Crippen molar-refractivity contribution in [2.75, 3.05) is 11.4 Å². The summed E-state index contributed by atoms with van der Waals surface area (Å²) < 4.78 is 0. The number of fused-ring (bicyclic) bond motifs is 3.